The van der Waals surface area contributed by atoms with Crippen molar-refractivity contribution in [3.63, 3.8) is 0 Å². The number of rotatable bonds is 7. The summed E-state index contributed by atoms with van der Waals surface area (Å²) in [6.45, 7) is 5.89. The average Bonchev–Trinajstić information content (AvgIpc) is 3.10. The van der Waals surface area contributed by atoms with E-state index in [2.05, 4.69) is 27.2 Å². The Morgan fingerprint density at radius 3 is 2.74 bits per heavy atom. The number of benzene rings is 1. The summed E-state index contributed by atoms with van der Waals surface area (Å²) in [5, 5.41) is 6.25. The number of aromatic nitrogens is 2. The van der Waals surface area contributed by atoms with Crippen molar-refractivity contribution in [1.82, 2.24) is 9.97 Å². The highest BCUT2D eigenvalue weighted by Crippen LogP contribution is 2.28. The number of hydrogen-bond acceptors (Lipinski definition) is 4. The number of nitrogens with one attached hydrogen (secondary N) is 2. The van der Waals surface area contributed by atoms with Gasteiger partial charge in [-0.1, -0.05) is 13.5 Å². The molecular weight excluding hydrogens is 367 g/mol. The van der Waals surface area contributed by atoms with Gasteiger partial charge in [0, 0.05) is 22.9 Å². The standard InChI is InChI=1S/C20H22ClFN4O/c1-12(19(27)24-15-10-8-14(22)9-11-15)6-7-13(2)23-18-16-4-3-5-17(16)25-20(21)26-18/h8-12H,2-7H2,1H3,(H,24,27)(H,23,25,26). The maximum absolute atomic E-state index is 12.9. The number of carbonyl (C=O) groups is 1. The third-order valence-corrected chi connectivity index (χ3v) is 4.81. The average molecular weight is 389 g/mol. The van der Waals surface area contributed by atoms with Crippen molar-refractivity contribution in [1.29, 1.82) is 0 Å². The smallest absolute Gasteiger partial charge is 0.227 e. The second kappa shape index (κ2) is 8.48. The molecule has 1 aliphatic carbocycles. The predicted octanol–water partition coefficient (Wildman–Crippen LogP) is 4.74. The first kappa shape index (κ1) is 19.3. The fraction of sp³-hybridized carbons (Fsp3) is 0.350. The summed E-state index contributed by atoms with van der Waals surface area (Å²) in [5.41, 5.74) is 3.46. The Bertz CT molecular complexity index is 854. The molecular formula is C20H22ClFN4O. The van der Waals surface area contributed by atoms with Gasteiger partial charge in [0.1, 0.15) is 11.6 Å². The Labute approximate surface area is 163 Å². The maximum Gasteiger partial charge on any atom is 0.227 e. The van der Waals surface area contributed by atoms with Crippen molar-refractivity contribution in [3.05, 3.63) is 58.9 Å². The lowest BCUT2D eigenvalue weighted by Crippen LogP contribution is -2.20. The van der Waals surface area contributed by atoms with E-state index in [-0.39, 0.29) is 22.9 Å². The zero-order valence-electron chi connectivity index (χ0n) is 15.2. The van der Waals surface area contributed by atoms with Crippen molar-refractivity contribution in [2.24, 2.45) is 5.92 Å². The number of amides is 1. The molecule has 1 aromatic carbocycles. The van der Waals surface area contributed by atoms with E-state index in [1.165, 1.54) is 12.1 Å². The van der Waals surface area contributed by atoms with Crippen LogP contribution in [0.15, 0.2) is 36.5 Å². The Morgan fingerprint density at radius 1 is 1.26 bits per heavy atom. The number of anilines is 2. The van der Waals surface area contributed by atoms with Gasteiger partial charge in [0.2, 0.25) is 11.2 Å². The first-order valence-corrected chi connectivity index (χ1v) is 9.36. The minimum absolute atomic E-state index is 0.111. The van der Waals surface area contributed by atoms with E-state index >= 15 is 0 Å². The van der Waals surface area contributed by atoms with E-state index in [1.807, 2.05) is 6.92 Å². The first-order valence-electron chi connectivity index (χ1n) is 8.99. The van der Waals surface area contributed by atoms with Gasteiger partial charge in [-0.25, -0.2) is 14.4 Å². The van der Waals surface area contributed by atoms with E-state index in [4.69, 9.17) is 11.6 Å². The van der Waals surface area contributed by atoms with Crippen LogP contribution in [0.25, 0.3) is 0 Å². The highest BCUT2D eigenvalue weighted by molar-refractivity contribution is 6.28. The van der Waals surface area contributed by atoms with Crippen molar-refractivity contribution < 1.29 is 9.18 Å². The van der Waals surface area contributed by atoms with Crippen LogP contribution in [-0.2, 0) is 17.6 Å². The summed E-state index contributed by atoms with van der Waals surface area (Å²) in [6.07, 6.45) is 4.14. The SMILES string of the molecule is C=C(CCC(C)C(=O)Nc1ccc(F)cc1)Nc1nc(Cl)nc2c1CCC2. The molecule has 3 rings (SSSR count). The molecule has 142 valence electrons. The highest BCUT2D eigenvalue weighted by atomic mass is 35.5. The van der Waals surface area contributed by atoms with Crippen LogP contribution in [0.5, 0.6) is 0 Å². The van der Waals surface area contributed by atoms with Crippen molar-refractivity contribution >= 4 is 29.0 Å². The lowest BCUT2D eigenvalue weighted by atomic mass is 10.0. The Kier molecular flexibility index (Phi) is 6.06. The summed E-state index contributed by atoms with van der Waals surface area (Å²) in [5.74, 6) is 0.0596. The highest BCUT2D eigenvalue weighted by Gasteiger charge is 2.20. The van der Waals surface area contributed by atoms with E-state index in [1.54, 1.807) is 12.1 Å². The van der Waals surface area contributed by atoms with Crippen LogP contribution in [0.3, 0.4) is 0 Å². The van der Waals surface area contributed by atoms with Crippen LogP contribution in [0.4, 0.5) is 15.9 Å². The molecule has 0 bridgehead atoms. The molecule has 1 atom stereocenters. The summed E-state index contributed by atoms with van der Waals surface area (Å²) >= 11 is 6.00. The van der Waals surface area contributed by atoms with Gasteiger partial charge in [-0.05, 0) is 68.0 Å². The Hall–Kier alpha value is -2.47. The molecule has 7 heteroatoms. The topological polar surface area (TPSA) is 66.9 Å². The summed E-state index contributed by atoms with van der Waals surface area (Å²) in [6, 6.07) is 5.72. The van der Waals surface area contributed by atoms with Crippen LogP contribution in [0.2, 0.25) is 5.28 Å². The molecule has 2 N–H and O–H groups in total. The van der Waals surface area contributed by atoms with Gasteiger partial charge in [0.05, 0.1) is 5.69 Å². The van der Waals surface area contributed by atoms with Gasteiger partial charge < -0.3 is 10.6 Å². The zero-order chi connectivity index (χ0) is 19.4. The number of allylic oxidation sites excluding steroid dienone is 1. The molecule has 0 fully saturated rings. The summed E-state index contributed by atoms with van der Waals surface area (Å²) in [4.78, 5) is 20.8. The fourth-order valence-corrected chi connectivity index (χ4v) is 3.24. The molecule has 0 saturated carbocycles. The monoisotopic (exact) mass is 388 g/mol. The lowest BCUT2D eigenvalue weighted by Gasteiger charge is -2.15. The first-order chi connectivity index (χ1) is 12.9. The lowest BCUT2D eigenvalue weighted by molar-refractivity contribution is -0.119. The molecule has 2 aromatic rings. The number of halogens is 2. The largest absolute Gasteiger partial charge is 0.344 e. The van der Waals surface area contributed by atoms with Crippen molar-refractivity contribution in [2.45, 2.75) is 39.0 Å². The van der Waals surface area contributed by atoms with Gasteiger partial charge in [0.25, 0.3) is 0 Å². The Morgan fingerprint density at radius 2 is 2.00 bits per heavy atom. The fourth-order valence-electron chi connectivity index (χ4n) is 3.06. The summed E-state index contributed by atoms with van der Waals surface area (Å²) < 4.78 is 12.9. The third kappa shape index (κ3) is 5.04. The quantitative estimate of drug-likeness (QED) is 0.672. The normalized spacial score (nSPS) is 13.7. The number of aryl methyl sites for hydroxylation is 1. The van der Waals surface area contributed by atoms with E-state index < -0.39 is 0 Å². The minimum atomic E-state index is -0.334. The number of fused-ring (bicyclic) bond motifs is 1. The Balaban J connectivity index is 1.51. The van der Waals surface area contributed by atoms with Gasteiger partial charge in [-0.15, -0.1) is 0 Å². The van der Waals surface area contributed by atoms with Gasteiger partial charge in [0.15, 0.2) is 0 Å². The van der Waals surface area contributed by atoms with Crippen LogP contribution in [0.1, 0.15) is 37.4 Å². The molecule has 5 nitrogen and oxygen atoms in total. The van der Waals surface area contributed by atoms with Crippen LogP contribution < -0.4 is 10.6 Å². The van der Waals surface area contributed by atoms with E-state index in [0.29, 0.717) is 18.5 Å². The van der Waals surface area contributed by atoms with Crippen LogP contribution in [-0.4, -0.2) is 15.9 Å². The molecule has 1 aliphatic rings. The zero-order valence-corrected chi connectivity index (χ0v) is 15.9. The van der Waals surface area contributed by atoms with Crippen molar-refractivity contribution in [2.75, 3.05) is 10.6 Å². The van der Waals surface area contributed by atoms with Crippen LogP contribution >= 0.6 is 11.6 Å². The van der Waals surface area contributed by atoms with Gasteiger partial charge in [-0.2, -0.15) is 0 Å². The molecule has 0 radical (unpaired) electrons. The minimum Gasteiger partial charge on any atom is -0.344 e. The molecule has 1 heterocycles. The second-order valence-electron chi connectivity index (χ2n) is 6.78. The molecule has 1 unspecified atom stereocenters. The summed E-state index contributed by atoms with van der Waals surface area (Å²) in [7, 11) is 0. The molecule has 27 heavy (non-hydrogen) atoms. The third-order valence-electron chi connectivity index (χ3n) is 4.64. The molecule has 1 aromatic heterocycles. The molecule has 0 spiro atoms. The predicted molar refractivity (Wildman–Crippen MR) is 105 cm³/mol. The van der Waals surface area contributed by atoms with E-state index in [9.17, 15) is 9.18 Å². The molecule has 0 saturated heterocycles. The van der Waals surface area contributed by atoms with Crippen LogP contribution in [0, 0.1) is 11.7 Å². The number of nitrogens with zero attached hydrogens (tertiary/aromatic N) is 2. The van der Waals surface area contributed by atoms with Crippen molar-refractivity contribution in [3.8, 4) is 0 Å². The second-order valence-corrected chi connectivity index (χ2v) is 7.12. The van der Waals surface area contributed by atoms with Gasteiger partial charge in [-0.3, -0.25) is 4.79 Å². The molecule has 0 aliphatic heterocycles. The maximum atomic E-state index is 12.9. The van der Waals surface area contributed by atoms with Gasteiger partial charge >= 0.3 is 0 Å². The van der Waals surface area contributed by atoms with E-state index in [0.717, 1.165) is 42.0 Å². The number of hydrogen-bond donors (Lipinski definition) is 2. The number of carbonyl (C=O) groups excluding carboxylic acids is 1. The molecule has 1 amide bonds.